The summed E-state index contributed by atoms with van der Waals surface area (Å²) in [5.74, 6) is 0. The molecule has 22 heavy (non-hydrogen) atoms. The molecule has 1 N–H and O–H groups in total. The van der Waals surface area contributed by atoms with E-state index in [1.165, 1.54) is 19.3 Å². The zero-order valence-corrected chi connectivity index (χ0v) is 15.3. The molecule has 2 fully saturated rings. The molecule has 0 spiro atoms. The smallest absolute Gasteiger partial charge is 0.0678 e. The lowest BCUT2D eigenvalue weighted by atomic mass is 9.36. The lowest BCUT2D eigenvalue weighted by molar-refractivity contribution is -0.217. The first-order valence-electron chi connectivity index (χ1n) is 9.12. The van der Waals surface area contributed by atoms with Gasteiger partial charge in [0.15, 0.2) is 0 Å². The summed E-state index contributed by atoms with van der Waals surface area (Å²) in [6, 6.07) is 0. The minimum atomic E-state index is -0.534. The van der Waals surface area contributed by atoms with Gasteiger partial charge in [-0.05, 0) is 62.7 Å². The van der Waals surface area contributed by atoms with Crippen molar-refractivity contribution in [2.75, 3.05) is 0 Å². The normalized spacial score (nSPS) is 54.9. The average molecular weight is 303 g/mol. The van der Waals surface area contributed by atoms with Crippen molar-refractivity contribution in [1.29, 1.82) is 0 Å². The van der Waals surface area contributed by atoms with E-state index in [0.717, 1.165) is 25.7 Å². The standard InChI is InChI=1S/C21H34O/c1-7-17(2)13-14-18(3)16(15-17)9-12-20(5)19(18,4)10-8-11-21(20,6)22/h7,15,22H,1,8-14H2,2-6H3/t17-,18-,19+,20+,21-/m0/s1. The van der Waals surface area contributed by atoms with Crippen LogP contribution in [0.2, 0.25) is 0 Å². The summed E-state index contributed by atoms with van der Waals surface area (Å²) in [5.41, 5.74) is 1.70. The van der Waals surface area contributed by atoms with Crippen molar-refractivity contribution in [1.82, 2.24) is 0 Å². The second-order valence-corrected chi connectivity index (χ2v) is 9.50. The molecule has 3 rings (SSSR count). The lowest BCUT2D eigenvalue weighted by Gasteiger charge is -2.69. The highest BCUT2D eigenvalue weighted by molar-refractivity contribution is 5.33. The highest BCUT2D eigenvalue weighted by Crippen LogP contribution is 2.72. The maximum atomic E-state index is 11.2. The fraction of sp³-hybridized carbons (Fsp3) is 0.810. The van der Waals surface area contributed by atoms with Gasteiger partial charge in [-0.1, -0.05) is 45.4 Å². The molecule has 0 unspecified atom stereocenters. The first kappa shape index (κ1) is 16.3. The van der Waals surface area contributed by atoms with Crippen LogP contribution in [-0.4, -0.2) is 10.7 Å². The maximum Gasteiger partial charge on any atom is 0.0678 e. The number of rotatable bonds is 1. The Kier molecular flexibility index (Phi) is 3.33. The first-order valence-corrected chi connectivity index (χ1v) is 9.12. The van der Waals surface area contributed by atoms with Crippen LogP contribution >= 0.6 is 0 Å². The van der Waals surface area contributed by atoms with Gasteiger partial charge in [0.1, 0.15) is 0 Å². The van der Waals surface area contributed by atoms with Gasteiger partial charge in [0.05, 0.1) is 5.60 Å². The first-order chi connectivity index (χ1) is 10.0. The fourth-order valence-electron chi connectivity index (χ4n) is 6.20. The van der Waals surface area contributed by atoms with E-state index in [4.69, 9.17) is 0 Å². The quantitative estimate of drug-likeness (QED) is 0.621. The van der Waals surface area contributed by atoms with Crippen molar-refractivity contribution < 1.29 is 5.11 Å². The van der Waals surface area contributed by atoms with Crippen molar-refractivity contribution in [2.24, 2.45) is 21.7 Å². The minimum absolute atomic E-state index is 0.0201. The van der Waals surface area contributed by atoms with Crippen LogP contribution in [0, 0.1) is 21.7 Å². The van der Waals surface area contributed by atoms with Gasteiger partial charge in [-0.3, -0.25) is 0 Å². The molecule has 0 amide bonds. The summed E-state index contributed by atoms with van der Waals surface area (Å²) in [7, 11) is 0. The van der Waals surface area contributed by atoms with Crippen LogP contribution in [0.25, 0.3) is 0 Å². The second-order valence-electron chi connectivity index (χ2n) is 9.50. The molecule has 1 nitrogen and oxygen atoms in total. The zero-order valence-electron chi connectivity index (χ0n) is 15.3. The summed E-state index contributed by atoms with van der Waals surface area (Å²) < 4.78 is 0. The van der Waals surface area contributed by atoms with Gasteiger partial charge in [-0.25, -0.2) is 0 Å². The number of aliphatic hydroxyl groups is 1. The molecular formula is C21H34O. The van der Waals surface area contributed by atoms with Crippen molar-refractivity contribution in [2.45, 2.75) is 85.2 Å². The molecule has 5 atom stereocenters. The van der Waals surface area contributed by atoms with Crippen LogP contribution < -0.4 is 0 Å². The van der Waals surface area contributed by atoms with Crippen molar-refractivity contribution >= 4 is 0 Å². The van der Waals surface area contributed by atoms with E-state index in [1.54, 1.807) is 5.57 Å². The third-order valence-electron chi connectivity index (χ3n) is 8.70. The monoisotopic (exact) mass is 302 g/mol. The molecule has 3 aliphatic rings. The number of hydrogen-bond donors (Lipinski definition) is 1. The molecule has 0 aliphatic heterocycles. The molecule has 0 aromatic rings. The fourth-order valence-corrected chi connectivity index (χ4v) is 6.20. The Balaban J connectivity index is 2.13. The SMILES string of the molecule is C=C[C@]1(C)C=C2CC[C@]3(C)[C@](C)(CCC[C@]3(C)O)[C@@]2(C)CC1. The molecule has 0 bridgehead atoms. The van der Waals surface area contributed by atoms with E-state index in [-0.39, 0.29) is 21.7 Å². The number of hydrogen-bond acceptors (Lipinski definition) is 1. The Bertz CT molecular complexity index is 530. The van der Waals surface area contributed by atoms with Crippen LogP contribution in [0.15, 0.2) is 24.3 Å². The summed E-state index contributed by atoms with van der Waals surface area (Å²) in [6.45, 7) is 15.8. The van der Waals surface area contributed by atoms with Crippen LogP contribution in [-0.2, 0) is 0 Å². The van der Waals surface area contributed by atoms with Gasteiger partial charge in [0.2, 0.25) is 0 Å². The molecule has 2 saturated carbocycles. The summed E-state index contributed by atoms with van der Waals surface area (Å²) >= 11 is 0. The molecule has 0 aromatic carbocycles. The van der Waals surface area contributed by atoms with E-state index in [0.29, 0.717) is 0 Å². The highest BCUT2D eigenvalue weighted by Gasteiger charge is 2.66. The largest absolute Gasteiger partial charge is 0.390 e. The summed E-state index contributed by atoms with van der Waals surface area (Å²) in [6.07, 6.45) is 12.7. The predicted octanol–water partition coefficient (Wildman–Crippen LogP) is 5.65. The van der Waals surface area contributed by atoms with Gasteiger partial charge in [-0.2, -0.15) is 0 Å². The Labute approximate surface area is 136 Å². The third-order valence-corrected chi connectivity index (χ3v) is 8.70. The van der Waals surface area contributed by atoms with Crippen molar-refractivity contribution in [3.05, 3.63) is 24.3 Å². The molecular weight excluding hydrogens is 268 g/mol. The van der Waals surface area contributed by atoms with E-state index in [9.17, 15) is 5.11 Å². The topological polar surface area (TPSA) is 20.2 Å². The van der Waals surface area contributed by atoms with Gasteiger partial charge >= 0.3 is 0 Å². The highest BCUT2D eigenvalue weighted by atomic mass is 16.3. The Morgan fingerprint density at radius 3 is 2.27 bits per heavy atom. The van der Waals surface area contributed by atoms with E-state index in [2.05, 4.69) is 53.3 Å². The van der Waals surface area contributed by atoms with Crippen LogP contribution in [0.4, 0.5) is 0 Å². The minimum Gasteiger partial charge on any atom is -0.390 e. The van der Waals surface area contributed by atoms with E-state index in [1.807, 2.05) is 0 Å². The molecule has 1 heteroatoms. The third kappa shape index (κ3) is 1.75. The lowest BCUT2D eigenvalue weighted by Crippen LogP contribution is -2.65. The number of allylic oxidation sites excluding steroid dienone is 3. The van der Waals surface area contributed by atoms with E-state index < -0.39 is 5.60 Å². The van der Waals surface area contributed by atoms with Crippen LogP contribution in [0.5, 0.6) is 0 Å². The molecule has 0 radical (unpaired) electrons. The maximum absolute atomic E-state index is 11.2. The van der Waals surface area contributed by atoms with E-state index >= 15 is 0 Å². The zero-order chi connectivity index (χ0) is 16.4. The van der Waals surface area contributed by atoms with Gasteiger partial charge in [0.25, 0.3) is 0 Å². The Hall–Kier alpha value is -0.560. The van der Waals surface area contributed by atoms with Crippen LogP contribution in [0.1, 0.15) is 79.6 Å². The summed E-state index contributed by atoms with van der Waals surface area (Å²) in [4.78, 5) is 0. The van der Waals surface area contributed by atoms with Gasteiger partial charge in [-0.15, -0.1) is 6.58 Å². The molecule has 124 valence electrons. The second kappa shape index (κ2) is 4.50. The van der Waals surface area contributed by atoms with Gasteiger partial charge in [0, 0.05) is 10.8 Å². The number of fused-ring (bicyclic) bond motifs is 3. The molecule has 0 heterocycles. The Morgan fingerprint density at radius 1 is 0.955 bits per heavy atom. The predicted molar refractivity (Wildman–Crippen MR) is 93.7 cm³/mol. The molecule has 3 aliphatic carbocycles. The average Bonchev–Trinajstić information content (AvgIpc) is 2.45. The van der Waals surface area contributed by atoms with Crippen molar-refractivity contribution in [3.8, 4) is 0 Å². The summed E-state index contributed by atoms with van der Waals surface area (Å²) in [5, 5.41) is 11.2. The van der Waals surface area contributed by atoms with Gasteiger partial charge < -0.3 is 5.11 Å². The Morgan fingerprint density at radius 2 is 1.64 bits per heavy atom. The molecule has 0 saturated heterocycles. The van der Waals surface area contributed by atoms with Crippen LogP contribution in [0.3, 0.4) is 0 Å². The van der Waals surface area contributed by atoms with Crippen molar-refractivity contribution in [3.63, 3.8) is 0 Å². The molecule has 0 aromatic heterocycles.